The van der Waals surface area contributed by atoms with Crippen molar-refractivity contribution < 1.29 is 10.0 Å². The van der Waals surface area contributed by atoms with E-state index in [0.29, 0.717) is 12.3 Å². The van der Waals surface area contributed by atoms with Crippen LogP contribution in [0.25, 0.3) is 0 Å². The molecule has 3 N–H and O–H groups in total. The molecule has 120 valence electrons. The second-order valence-corrected chi connectivity index (χ2v) is 6.17. The Labute approximate surface area is 129 Å². The number of aliphatic imine (C=N–C) groups is 1. The predicted octanol–water partition coefficient (Wildman–Crippen LogP) is 1.84. The van der Waals surface area contributed by atoms with Gasteiger partial charge in [0.2, 0.25) is 0 Å². The van der Waals surface area contributed by atoms with E-state index in [1.54, 1.807) is 19.1 Å². The Balaban J connectivity index is 2.14. The Hall–Kier alpha value is -2.12. The van der Waals surface area contributed by atoms with Crippen molar-refractivity contribution in [1.82, 2.24) is 4.90 Å². The first kappa shape index (κ1) is 16.3. The van der Waals surface area contributed by atoms with Gasteiger partial charge in [0.05, 0.1) is 12.2 Å². The third-order valence-electron chi connectivity index (χ3n) is 3.65. The highest BCUT2D eigenvalue weighted by molar-refractivity contribution is 6.06. The number of amides is 1. The van der Waals surface area contributed by atoms with Crippen LogP contribution in [0.2, 0.25) is 0 Å². The van der Waals surface area contributed by atoms with E-state index in [1.165, 1.54) is 17.0 Å². The van der Waals surface area contributed by atoms with Gasteiger partial charge in [0.15, 0.2) is 5.96 Å². The van der Waals surface area contributed by atoms with Gasteiger partial charge in [-0.2, -0.15) is 0 Å². The summed E-state index contributed by atoms with van der Waals surface area (Å²) in [7, 11) is 0. The number of benzene rings is 1. The van der Waals surface area contributed by atoms with Crippen LogP contribution in [0.15, 0.2) is 29.3 Å². The number of hydrogen-bond donors (Lipinski definition) is 2. The van der Waals surface area contributed by atoms with Crippen LogP contribution in [0.3, 0.4) is 0 Å². The van der Waals surface area contributed by atoms with Gasteiger partial charge >= 0.3 is 0 Å². The predicted molar refractivity (Wildman–Crippen MR) is 84.1 cm³/mol. The molecular formula is C15H21N4O3-. The molecule has 1 aromatic carbocycles. The zero-order valence-corrected chi connectivity index (χ0v) is 13.0. The van der Waals surface area contributed by atoms with Crippen molar-refractivity contribution in [3.8, 4) is 0 Å². The van der Waals surface area contributed by atoms with Gasteiger partial charge in [-0.05, 0) is 37.0 Å². The molecule has 1 aliphatic heterocycles. The maximum atomic E-state index is 12.6. The average Bonchev–Trinajstić information content (AvgIpc) is 2.62. The summed E-state index contributed by atoms with van der Waals surface area (Å²) in [5, 5.41) is 19.4. The molecule has 1 aromatic rings. The summed E-state index contributed by atoms with van der Waals surface area (Å²) in [6.07, 6.45) is 0.637. The molecule has 2 rings (SSSR count). The molecule has 1 atom stereocenters. The van der Waals surface area contributed by atoms with Crippen molar-refractivity contribution in [3.63, 3.8) is 0 Å². The first-order chi connectivity index (χ1) is 10.2. The third-order valence-corrected chi connectivity index (χ3v) is 3.65. The number of nitrogens with zero attached hydrogens (tertiary/aromatic N) is 3. The molecule has 7 heteroatoms. The van der Waals surface area contributed by atoms with Crippen LogP contribution in [0.1, 0.15) is 32.8 Å². The van der Waals surface area contributed by atoms with Gasteiger partial charge < -0.3 is 16.2 Å². The highest BCUT2D eigenvalue weighted by atomic mass is 16.8. The molecule has 22 heavy (non-hydrogen) atoms. The van der Waals surface area contributed by atoms with E-state index in [2.05, 4.69) is 4.99 Å². The van der Waals surface area contributed by atoms with Gasteiger partial charge in [0.25, 0.3) is 5.91 Å². The number of hydrogen-bond acceptors (Lipinski definition) is 6. The lowest BCUT2D eigenvalue weighted by Gasteiger charge is -2.24. The molecule has 0 bridgehead atoms. The zero-order valence-electron chi connectivity index (χ0n) is 13.0. The van der Waals surface area contributed by atoms with Gasteiger partial charge in [0.1, 0.15) is 5.54 Å². The topological polar surface area (TPSA) is 105 Å². The molecule has 0 spiro atoms. The summed E-state index contributed by atoms with van der Waals surface area (Å²) in [5.74, 6) is 0.428. The average molecular weight is 305 g/mol. The molecule has 1 unspecified atom stereocenters. The minimum Gasteiger partial charge on any atom is -0.733 e. The number of carbonyl (C=O) groups is 1. The SMILES string of the molecule is CC(C)CC1(C)N=C(N)N(Cc2ccc(N([O-])O)cc2)C1=O. The highest BCUT2D eigenvalue weighted by Gasteiger charge is 2.43. The summed E-state index contributed by atoms with van der Waals surface area (Å²) in [6, 6.07) is 6.28. The molecular weight excluding hydrogens is 284 g/mol. The fourth-order valence-electron chi connectivity index (χ4n) is 2.75. The fourth-order valence-corrected chi connectivity index (χ4v) is 2.75. The summed E-state index contributed by atoms with van der Waals surface area (Å²) in [5.41, 5.74) is 6.02. The highest BCUT2D eigenvalue weighted by Crippen LogP contribution is 2.29. The Morgan fingerprint density at radius 1 is 1.41 bits per heavy atom. The number of guanidine groups is 1. The molecule has 0 radical (unpaired) electrons. The van der Waals surface area contributed by atoms with E-state index in [9.17, 15) is 10.0 Å². The molecule has 1 amide bonds. The smallest absolute Gasteiger partial charge is 0.257 e. The van der Waals surface area contributed by atoms with Crippen molar-refractivity contribution >= 4 is 17.6 Å². The van der Waals surface area contributed by atoms with Crippen LogP contribution >= 0.6 is 0 Å². The van der Waals surface area contributed by atoms with Gasteiger partial charge in [-0.1, -0.05) is 26.0 Å². The van der Waals surface area contributed by atoms with Gasteiger partial charge in [-0.15, -0.1) is 0 Å². The Bertz CT molecular complexity index is 583. The fraction of sp³-hybridized carbons (Fsp3) is 0.467. The lowest BCUT2D eigenvalue weighted by Crippen LogP contribution is -2.43. The van der Waals surface area contributed by atoms with Crippen molar-refractivity contribution in [1.29, 1.82) is 0 Å². The summed E-state index contributed by atoms with van der Waals surface area (Å²) in [4.78, 5) is 18.4. The van der Waals surface area contributed by atoms with E-state index in [0.717, 1.165) is 5.56 Å². The molecule has 1 aliphatic rings. The van der Waals surface area contributed by atoms with Crippen molar-refractivity contribution in [2.75, 3.05) is 5.23 Å². The zero-order chi connectivity index (χ0) is 16.5. The maximum Gasteiger partial charge on any atom is 0.257 e. The number of rotatable bonds is 5. The molecule has 1 heterocycles. The number of carbonyl (C=O) groups excluding carboxylic acids is 1. The van der Waals surface area contributed by atoms with Crippen LogP contribution in [0, 0.1) is 11.1 Å². The van der Waals surface area contributed by atoms with E-state index in [4.69, 9.17) is 10.9 Å². The van der Waals surface area contributed by atoms with Crippen LogP contribution < -0.4 is 11.0 Å². The Morgan fingerprint density at radius 3 is 2.50 bits per heavy atom. The molecule has 7 nitrogen and oxygen atoms in total. The maximum absolute atomic E-state index is 12.6. The largest absolute Gasteiger partial charge is 0.733 e. The second-order valence-electron chi connectivity index (χ2n) is 6.17. The Kier molecular flexibility index (Phi) is 4.39. The van der Waals surface area contributed by atoms with Crippen LogP contribution in [0.5, 0.6) is 0 Å². The standard InChI is InChI=1S/C15H21N4O3/c1-10(2)8-15(3)13(20)18(14(16)17-15)9-11-4-6-12(7-5-11)19(21)22/h4-7,10,21H,8-9H2,1-3H3,(H2,16,17)/q-1. The molecule has 0 fully saturated rings. The van der Waals surface area contributed by atoms with E-state index < -0.39 is 5.54 Å². The van der Waals surface area contributed by atoms with Crippen molar-refractivity contribution in [2.24, 2.45) is 16.6 Å². The minimum absolute atomic E-state index is 0.115. The minimum atomic E-state index is -0.810. The lowest BCUT2D eigenvalue weighted by molar-refractivity contribution is -0.131. The van der Waals surface area contributed by atoms with Crippen LogP contribution in [-0.4, -0.2) is 27.5 Å². The van der Waals surface area contributed by atoms with Crippen LogP contribution in [-0.2, 0) is 11.3 Å². The first-order valence-electron chi connectivity index (χ1n) is 7.15. The summed E-state index contributed by atoms with van der Waals surface area (Å²) >= 11 is 0. The van der Waals surface area contributed by atoms with Gasteiger partial charge in [0, 0.05) is 0 Å². The van der Waals surface area contributed by atoms with Gasteiger partial charge in [-0.25, -0.2) is 4.99 Å². The summed E-state index contributed by atoms with van der Waals surface area (Å²) < 4.78 is 0. The molecule has 0 aromatic heterocycles. The molecule has 0 saturated heterocycles. The number of anilines is 1. The van der Waals surface area contributed by atoms with Crippen LogP contribution in [0.4, 0.5) is 5.69 Å². The van der Waals surface area contributed by atoms with E-state index >= 15 is 0 Å². The quantitative estimate of drug-likeness (QED) is 0.807. The monoisotopic (exact) mass is 305 g/mol. The molecule has 0 saturated carbocycles. The lowest BCUT2D eigenvalue weighted by atomic mass is 9.91. The Morgan fingerprint density at radius 2 is 2.00 bits per heavy atom. The van der Waals surface area contributed by atoms with Crippen molar-refractivity contribution in [2.45, 2.75) is 39.3 Å². The first-order valence-corrected chi connectivity index (χ1v) is 7.15. The summed E-state index contributed by atoms with van der Waals surface area (Å²) in [6.45, 7) is 6.16. The normalized spacial score (nSPS) is 21.5. The van der Waals surface area contributed by atoms with Gasteiger partial charge in [-0.3, -0.25) is 14.9 Å². The number of nitrogens with two attached hydrogens (primary N) is 1. The third kappa shape index (κ3) is 3.20. The van der Waals surface area contributed by atoms with E-state index in [-0.39, 0.29) is 29.3 Å². The van der Waals surface area contributed by atoms with E-state index in [1.807, 2.05) is 13.8 Å². The van der Waals surface area contributed by atoms with Crippen molar-refractivity contribution in [3.05, 3.63) is 35.0 Å². The second kappa shape index (κ2) is 5.94. The molecule has 0 aliphatic carbocycles.